The summed E-state index contributed by atoms with van der Waals surface area (Å²) in [5, 5.41) is 3.37. The highest BCUT2D eigenvalue weighted by atomic mass is 35.5. The molecular formula is C35H38ClN3O4S. The number of carbonyl (C=O) groups excluding carboxylic acids is 2. The summed E-state index contributed by atoms with van der Waals surface area (Å²) in [7, 11) is -4.20. The number of para-hydroxylation sites is 1. The van der Waals surface area contributed by atoms with E-state index < -0.39 is 28.5 Å². The molecule has 44 heavy (non-hydrogen) atoms. The van der Waals surface area contributed by atoms with Gasteiger partial charge in [-0.3, -0.25) is 13.9 Å². The van der Waals surface area contributed by atoms with Crippen LogP contribution in [0.5, 0.6) is 0 Å². The lowest BCUT2D eigenvalue weighted by molar-refractivity contribution is -0.140. The number of hydrogen-bond acceptors (Lipinski definition) is 4. The molecule has 0 spiro atoms. The van der Waals surface area contributed by atoms with Gasteiger partial charge in [0.1, 0.15) is 12.6 Å². The van der Waals surface area contributed by atoms with Gasteiger partial charge in [0.05, 0.1) is 10.6 Å². The first-order valence-corrected chi connectivity index (χ1v) is 16.3. The van der Waals surface area contributed by atoms with Crippen LogP contribution in [-0.4, -0.2) is 43.8 Å². The maximum Gasteiger partial charge on any atom is 0.264 e. The van der Waals surface area contributed by atoms with E-state index in [4.69, 9.17) is 11.6 Å². The number of nitrogens with one attached hydrogen (secondary N) is 1. The van der Waals surface area contributed by atoms with E-state index in [-0.39, 0.29) is 29.8 Å². The summed E-state index contributed by atoms with van der Waals surface area (Å²) in [6, 6.07) is 29.0. The molecule has 0 aliphatic rings. The van der Waals surface area contributed by atoms with E-state index in [9.17, 15) is 18.0 Å². The zero-order chi connectivity index (χ0) is 31.9. The molecule has 0 aliphatic carbocycles. The molecule has 0 bridgehead atoms. The van der Waals surface area contributed by atoms with Gasteiger partial charge < -0.3 is 10.2 Å². The maximum absolute atomic E-state index is 14.5. The van der Waals surface area contributed by atoms with Crippen molar-refractivity contribution in [1.29, 1.82) is 0 Å². The van der Waals surface area contributed by atoms with Crippen molar-refractivity contribution in [2.45, 2.75) is 57.6 Å². The molecule has 0 saturated carbocycles. The number of sulfonamides is 1. The van der Waals surface area contributed by atoms with Crippen LogP contribution in [0.1, 0.15) is 36.1 Å². The van der Waals surface area contributed by atoms with Crippen LogP contribution < -0.4 is 9.62 Å². The molecule has 0 fully saturated rings. The lowest BCUT2D eigenvalue weighted by Gasteiger charge is -2.34. The molecule has 230 valence electrons. The molecule has 1 N–H and O–H groups in total. The molecule has 0 aromatic heterocycles. The zero-order valence-corrected chi connectivity index (χ0v) is 27.0. The number of amides is 2. The Bertz CT molecular complexity index is 1690. The minimum absolute atomic E-state index is 0.00146. The second-order valence-corrected chi connectivity index (χ2v) is 13.4. The van der Waals surface area contributed by atoms with Gasteiger partial charge in [-0.2, -0.15) is 0 Å². The Hall–Kier alpha value is -4.14. The second kappa shape index (κ2) is 14.6. The van der Waals surface area contributed by atoms with E-state index >= 15 is 0 Å². The van der Waals surface area contributed by atoms with E-state index in [2.05, 4.69) is 5.32 Å². The number of benzene rings is 4. The average Bonchev–Trinajstić information content (AvgIpc) is 2.98. The number of halogens is 1. The first-order valence-electron chi connectivity index (χ1n) is 14.5. The molecule has 0 radical (unpaired) electrons. The molecule has 1 atom stereocenters. The Kier molecular flexibility index (Phi) is 10.8. The van der Waals surface area contributed by atoms with E-state index in [0.29, 0.717) is 16.3 Å². The van der Waals surface area contributed by atoms with Crippen molar-refractivity contribution in [2.24, 2.45) is 0 Å². The highest BCUT2D eigenvalue weighted by molar-refractivity contribution is 7.92. The van der Waals surface area contributed by atoms with Gasteiger partial charge in [-0.1, -0.05) is 90.0 Å². The molecule has 4 rings (SSSR count). The standard InChI is InChI=1S/C35H38ClN3O4S/c1-25(2)37-35(41)33(22-28-13-6-5-7-14-28)38(23-29-15-10-11-26(3)21-29)34(40)24-39(32-16-9-8-12-27(32)4)44(42,43)31-19-17-30(36)18-20-31/h5-21,25,33H,22-24H2,1-4H3,(H,37,41)/t33-/m1/s1. The fourth-order valence-electron chi connectivity index (χ4n) is 5.03. The van der Waals surface area contributed by atoms with Crippen LogP contribution in [0.15, 0.2) is 108 Å². The topological polar surface area (TPSA) is 86.8 Å². The number of nitrogens with zero attached hydrogens (tertiary/aromatic N) is 2. The van der Waals surface area contributed by atoms with Crippen molar-refractivity contribution in [3.8, 4) is 0 Å². The van der Waals surface area contributed by atoms with Gasteiger partial charge in [0.15, 0.2) is 0 Å². The minimum Gasteiger partial charge on any atom is -0.352 e. The Balaban J connectivity index is 1.82. The predicted octanol–water partition coefficient (Wildman–Crippen LogP) is 6.32. The normalized spacial score (nSPS) is 12.0. The largest absolute Gasteiger partial charge is 0.352 e. The van der Waals surface area contributed by atoms with Crippen LogP contribution in [0.25, 0.3) is 0 Å². The highest BCUT2D eigenvalue weighted by Crippen LogP contribution is 2.28. The van der Waals surface area contributed by atoms with Crippen LogP contribution >= 0.6 is 11.6 Å². The first-order chi connectivity index (χ1) is 21.0. The molecule has 2 amide bonds. The van der Waals surface area contributed by atoms with Gasteiger partial charge in [-0.15, -0.1) is 0 Å². The van der Waals surface area contributed by atoms with E-state index in [1.165, 1.54) is 29.2 Å². The van der Waals surface area contributed by atoms with Crippen LogP contribution in [0, 0.1) is 13.8 Å². The lowest BCUT2D eigenvalue weighted by atomic mass is 10.0. The summed E-state index contributed by atoms with van der Waals surface area (Å²) < 4.78 is 29.4. The quantitative estimate of drug-likeness (QED) is 0.198. The molecule has 0 saturated heterocycles. The molecule has 0 aliphatic heterocycles. The van der Waals surface area contributed by atoms with Crippen molar-refractivity contribution < 1.29 is 18.0 Å². The summed E-state index contributed by atoms with van der Waals surface area (Å²) >= 11 is 6.06. The van der Waals surface area contributed by atoms with Gasteiger partial charge in [-0.05, 0) is 74.7 Å². The van der Waals surface area contributed by atoms with E-state index in [0.717, 1.165) is 21.0 Å². The lowest BCUT2D eigenvalue weighted by Crippen LogP contribution is -2.54. The van der Waals surface area contributed by atoms with Crippen LogP contribution in [0.3, 0.4) is 0 Å². The number of hydrogen-bond donors (Lipinski definition) is 1. The van der Waals surface area contributed by atoms with Gasteiger partial charge in [0, 0.05) is 24.0 Å². The third-order valence-corrected chi connectivity index (χ3v) is 9.23. The van der Waals surface area contributed by atoms with Crippen LogP contribution in [-0.2, 0) is 32.6 Å². The summed E-state index contributed by atoms with van der Waals surface area (Å²) in [6.07, 6.45) is 0.255. The van der Waals surface area contributed by atoms with Gasteiger partial charge in [-0.25, -0.2) is 8.42 Å². The highest BCUT2D eigenvalue weighted by Gasteiger charge is 2.35. The molecular weight excluding hydrogens is 594 g/mol. The average molecular weight is 632 g/mol. The SMILES string of the molecule is Cc1cccc(CN(C(=O)CN(c2ccccc2C)S(=O)(=O)c2ccc(Cl)cc2)[C@H](Cc2ccccc2)C(=O)NC(C)C)c1. The number of aryl methyl sites for hydroxylation is 2. The van der Waals surface area contributed by atoms with Crippen LogP contribution in [0.4, 0.5) is 5.69 Å². The summed E-state index contributed by atoms with van der Waals surface area (Å²) in [4.78, 5) is 29.8. The van der Waals surface area contributed by atoms with Crippen molar-refractivity contribution in [2.75, 3.05) is 10.8 Å². The fraction of sp³-hybridized carbons (Fsp3) is 0.257. The smallest absolute Gasteiger partial charge is 0.264 e. The van der Waals surface area contributed by atoms with Gasteiger partial charge in [0.2, 0.25) is 11.8 Å². The molecule has 4 aromatic rings. The first kappa shape index (κ1) is 32.8. The summed E-state index contributed by atoms with van der Waals surface area (Å²) in [5.74, 6) is -0.819. The minimum atomic E-state index is -4.20. The van der Waals surface area contributed by atoms with Crippen molar-refractivity contribution in [3.05, 3.63) is 130 Å². The molecule has 0 unspecified atom stereocenters. The Labute approximate surface area is 265 Å². The Morgan fingerprint density at radius 2 is 1.45 bits per heavy atom. The third-order valence-electron chi connectivity index (χ3n) is 7.20. The Morgan fingerprint density at radius 1 is 0.818 bits per heavy atom. The number of anilines is 1. The molecule has 7 nitrogen and oxygen atoms in total. The predicted molar refractivity (Wildman–Crippen MR) is 176 cm³/mol. The van der Waals surface area contributed by atoms with Gasteiger partial charge >= 0.3 is 0 Å². The van der Waals surface area contributed by atoms with Crippen LogP contribution in [0.2, 0.25) is 5.02 Å². The maximum atomic E-state index is 14.5. The number of carbonyl (C=O) groups is 2. The van der Waals surface area contributed by atoms with Crippen molar-refractivity contribution in [1.82, 2.24) is 10.2 Å². The van der Waals surface area contributed by atoms with E-state index in [1.807, 2.05) is 81.4 Å². The monoisotopic (exact) mass is 631 g/mol. The second-order valence-electron chi connectivity index (χ2n) is 11.1. The zero-order valence-electron chi connectivity index (χ0n) is 25.4. The fourth-order valence-corrected chi connectivity index (χ4v) is 6.64. The summed E-state index contributed by atoms with van der Waals surface area (Å²) in [5.41, 5.74) is 3.77. The molecule has 0 heterocycles. The third kappa shape index (κ3) is 8.27. The summed E-state index contributed by atoms with van der Waals surface area (Å²) in [6.45, 7) is 7.09. The number of rotatable bonds is 12. The molecule has 9 heteroatoms. The van der Waals surface area contributed by atoms with Crippen molar-refractivity contribution >= 4 is 39.1 Å². The Morgan fingerprint density at radius 3 is 2.09 bits per heavy atom. The van der Waals surface area contributed by atoms with Gasteiger partial charge in [0.25, 0.3) is 10.0 Å². The molecule has 4 aromatic carbocycles. The van der Waals surface area contributed by atoms with E-state index in [1.54, 1.807) is 25.1 Å². The van der Waals surface area contributed by atoms with Crippen molar-refractivity contribution in [3.63, 3.8) is 0 Å².